The summed E-state index contributed by atoms with van der Waals surface area (Å²) in [6.45, 7) is 17.5. The normalized spacial score (nSPS) is 13.4. The third kappa shape index (κ3) is 43.1. The Labute approximate surface area is 424 Å². The lowest BCUT2D eigenvalue weighted by atomic mass is 10.1. The van der Waals surface area contributed by atoms with Gasteiger partial charge in [-0.25, -0.2) is 0 Å². The van der Waals surface area contributed by atoms with Gasteiger partial charge >= 0.3 is 23.9 Å². The number of nitrogens with zero attached hydrogens (tertiary/aromatic N) is 4. The number of hydrogen-bond acceptors (Lipinski definition) is 12. The van der Waals surface area contributed by atoms with E-state index in [4.69, 9.17) is 18.9 Å². The van der Waals surface area contributed by atoms with E-state index in [1.54, 1.807) is 0 Å². The number of esters is 4. The summed E-state index contributed by atoms with van der Waals surface area (Å²) in [5.41, 5.74) is 0. The summed E-state index contributed by atoms with van der Waals surface area (Å²) in [6.07, 6.45) is 38.7. The minimum atomic E-state index is -0.242. The number of carbonyl (C=O) groups is 4. The van der Waals surface area contributed by atoms with Gasteiger partial charge in [-0.1, -0.05) is 194 Å². The van der Waals surface area contributed by atoms with Gasteiger partial charge in [-0.05, 0) is 19.3 Å². The Kier molecular flexibility index (Phi) is 46.3. The van der Waals surface area contributed by atoms with Crippen molar-refractivity contribution in [3.05, 3.63) is 0 Å². The minimum absolute atomic E-state index is 0.157. The maximum atomic E-state index is 12.8. The number of rotatable bonds is 51. The molecule has 0 amide bonds. The Morgan fingerprint density at radius 2 is 0.565 bits per heavy atom. The zero-order valence-corrected chi connectivity index (χ0v) is 45.7. The standard InChI is InChI=1S/C57H110N4O8/c1-5-8-11-14-17-20-23-26-29-32-51-67-55(63)36-40-58(39-35-54(62)66-4)43-45-60-47-49-61(50-48-60)46-44-59(41-37-56(64)68-52-33-30-27-24-21-18-15-12-9-6-2)42-38-57(65)69-53-34-31-28-25-22-19-16-13-10-7-3/h5-53H2,1-4H3. The smallest absolute Gasteiger partial charge is 0.307 e. The summed E-state index contributed by atoms with van der Waals surface area (Å²) in [7, 11) is 1.42. The molecule has 1 saturated heterocycles. The third-order valence-corrected chi connectivity index (χ3v) is 14.0. The molecule has 0 N–H and O–H groups in total. The van der Waals surface area contributed by atoms with E-state index in [0.717, 1.165) is 90.9 Å². The first-order valence-electron chi connectivity index (χ1n) is 29.2. The molecule has 0 aliphatic carbocycles. The summed E-state index contributed by atoms with van der Waals surface area (Å²) in [4.78, 5) is 59.6. The largest absolute Gasteiger partial charge is 0.469 e. The van der Waals surface area contributed by atoms with Crippen LogP contribution in [0.4, 0.5) is 0 Å². The molecule has 69 heavy (non-hydrogen) atoms. The fourth-order valence-electron chi connectivity index (χ4n) is 9.12. The lowest BCUT2D eigenvalue weighted by Gasteiger charge is -2.36. The van der Waals surface area contributed by atoms with Crippen molar-refractivity contribution in [3.63, 3.8) is 0 Å². The van der Waals surface area contributed by atoms with Crippen molar-refractivity contribution < 1.29 is 38.1 Å². The quantitative estimate of drug-likeness (QED) is 0.0328. The molecule has 1 fully saturated rings. The molecule has 1 aliphatic heterocycles. The van der Waals surface area contributed by atoms with Crippen molar-refractivity contribution in [1.82, 2.24) is 19.6 Å². The SMILES string of the molecule is CCCCCCCCCCCCOC(=O)CCN(CCC(=O)OC)CCN1CCN(CCN(CCC(=O)OCCCCCCCCCCCC)CCC(=O)OCCCCCCCCCCCC)CC1. The molecule has 0 spiro atoms. The second kappa shape index (κ2) is 49.3. The number of piperazine rings is 1. The highest BCUT2D eigenvalue weighted by Crippen LogP contribution is 2.14. The van der Waals surface area contributed by atoms with Gasteiger partial charge in [0.25, 0.3) is 0 Å². The molecule has 1 rings (SSSR count). The van der Waals surface area contributed by atoms with Crippen molar-refractivity contribution in [2.45, 2.75) is 239 Å². The lowest BCUT2D eigenvalue weighted by molar-refractivity contribution is -0.145. The molecule has 0 radical (unpaired) electrons. The molecular formula is C57H110N4O8. The Morgan fingerprint density at radius 1 is 0.333 bits per heavy atom. The van der Waals surface area contributed by atoms with Crippen LogP contribution in [-0.2, 0) is 38.1 Å². The maximum absolute atomic E-state index is 12.8. The number of ether oxygens (including phenoxy) is 4. The zero-order valence-electron chi connectivity index (χ0n) is 45.7. The number of unbranched alkanes of at least 4 members (excludes halogenated alkanes) is 27. The van der Waals surface area contributed by atoms with Crippen molar-refractivity contribution >= 4 is 23.9 Å². The highest BCUT2D eigenvalue weighted by atomic mass is 16.5. The van der Waals surface area contributed by atoms with Crippen LogP contribution in [0.3, 0.4) is 0 Å². The molecule has 0 aromatic heterocycles. The van der Waals surface area contributed by atoms with Crippen LogP contribution in [0.5, 0.6) is 0 Å². The van der Waals surface area contributed by atoms with E-state index in [2.05, 4.69) is 40.4 Å². The minimum Gasteiger partial charge on any atom is -0.469 e. The van der Waals surface area contributed by atoms with Crippen molar-refractivity contribution in [2.24, 2.45) is 0 Å². The Morgan fingerprint density at radius 3 is 0.812 bits per heavy atom. The van der Waals surface area contributed by atoms with E-state index < -0.39 is 0 Å². The topological polar surface area (TPSA) is 118 Å². The van der Waals surface area contributed by atoms with Crippen LogP contribution in [0, 0.1) is 0 Å². The van der Waals surface area contributed by atoms with Gasteiger partial charge in [0.05, 0.1) is 52.6 Å². The van der Waals surface area contributed by atoms with Crippen LogP contribution in [0.15, 0.2) is 0 Å². The van der Waals surface area contributed by atoms with Crippen LogP contribution in [-0.4, -0.2) is 149 Å². The fraction of sp³-hybridized carbons (Fsp3) is 0.930. The molecule has 12 heteroatoms. The van der Waals surface area contributed by atoms with Crippen molar-refractivity contribution in [2.75, 3.05) is 105 Å². The third-order valence-electron chi connectivity index (χ3n) is 14.0. The van der Waals surface area contributed by atoms with Gasteiger partial charge < -0.3 is 28.7 Å². The molecule has 0 aromatic rings. The summed E-state index contributed by atoms with van der Waals surface area (Å²) < 4.78 is 21.8. The first kappa shape index (κ1) is 64.7. The number of hydrogen-bond donors (Lipinski definition) is 0. The molecule has 0 saturated carbocycles. The summed E-state index contributed by atoms with van der Waals surface area (Å²) in [6, 6.07) is 0. The first-order chi connectivity index (χ1) is 33.8. The van der Waals surface area contributed by atoms with Crippen LogP contribution in [0.25, 0.3) is 0 Å². The highest BCUT2D eigenvalue weighted by Gasteiger charge is 2.20. The summed E-state index contributed by atoms with van der Waals surface area (Å²) >= 11 is 0. The molecule has 0 aromatic carbocycles. The van der Waals surface area contributed by atoms with Crippen LogP contribution in [0.1, 0.15) is 239 Å². The van der Waals surface area contributed by atoms with Crippen molar-refractivity contribution in [1.29, 1.82) is 0 Å². The van der Waals surface area contributed by atoms with E-state index in [1.807, 2.05) is 0 Å². The van der Waals surface area contributed by atoms with E-state index in [9.17, 15) is 19.2 Å². The average molecular weight is 980 g/mol. The van der Waals surface area contributed by atoms with Crippen LogP contribution < -0.4 is 0 Å². The molecule has 406 valence electrons. The predicted octanol–water partition coefficient (Wildman–Crippen LogP) is 12.3. The Bertz CT molecular complexity index is 1140. The molecule has 0 atom stereocenters. The van der Waals surface area contributed by atoms with Gasteiger partial charge in [-0.2, -0.15) is 0 Å². The number of methoxy groups -OCH3 is 1. The monoisotopic (exact) mass is 979 g/mol. The first-order valence-corrected chi connectivity index (χ1v) is 29.2. The van der Waals surface area contributed by atoms with Gasteiger partial charge in [0.2, 0.25) is 0 Å². The van der Waals surface area contributed by atoms with Gasteiger partial charge in [-0.3, -0.25) is 29.0 Å². The van der Waals surface area contributed by atoms with Crippen LogP contribution in [0.2, 0.25) is 0 Å². The van der Waals surface area contributed by atoms with Gasteiger partial charge in [-0.15, -0.1) is 0 Å². The van der Waals surface area contributed by atoms with E-state index in [0.29, 0.717) is 71.7 Å². The number of carbonyl (C=O) groups excluding carboxylic acids is 4. The molecule has 0 bridgehead atoms. The highest BCUT2D eigenvalue weighted by molar-refractivity contribution is 5.70. The zero-order chi connectivity index (χ0) is 50.1. The van der Waals surface area contributed by atoms with E-state index >= 15 is 0 Å². The lowest BCUT2D eigenvalue weighted by Crippen LogP contribution is -2.50. The maximum Gasteiger partial charge on any atom is 0.307 e. The Balaban J connectivity index is 2.49. The van der Waals surface area contributed by atoms with Gasteiger partial charge in [0.15, 0.2) is 0 Å². The van der Waals surface area contributed by atoms with E-state index in [1.165, 1.54) is 161 Å². The fourth-order valence-corrected chi connectivity index (χ4v) is 9.12. The summed E-state index contributed by atoms with van der Waals surface area (Å²) in [5, 5.41) is 0. The molecule has 1 aliphatic rings. The van der Waals surface area contributed by atoms with Crippen molar-refractivity contribution in [3.8, 4) is 0 Å². The molecule has 1 heterocycles. The van der Waals surface area contributed by atoms with Gasteiger partial charge in [0, 0.05) is 78.5 Å². The average Bonchev–Trinajstić information content (AvgIpc) is 3.36. The second-order valence-electron chi connectivity index (χ2n) is 20.2. The van der Waals surface area contributed by atoms with Crippen LogP contribution >= 0.6 is 0 Å². The van der Waals surface area contributed by atoms with E-state index in [-0.39, 0.29) is 23.9 Å². The molecule has 12 nitrogen and oxygen atoms in total. The molecule has 0 unspecified atom stereocenters. The molecular weight excluding hydrogens is 869 g/mol. The summed E-state index contributed by atoms with van der Waals surface area (Å²) in [5.74, 6) is -0.724. The second-order valence-corrected chi connectivity index (χ2v) is 20.2. The predicted molar refractivity (Wildman–Crippen MR) is 285 cm³/mol. The Hall–Kier alpha value is -2.28. The van der Waals surface area contributed by atoms with Gasteiger partial charge in [0.1, 0.15) is 0 Å².